The van der Waals surface area contributed by atoms with Gasteiger partial charge in [0.2, 0.25) is 5.91 Å². The van der Waals surface area contributed by atoms with Gasteiger partial charge in [-0.15, -0.1) is 0 Å². The molecule has 1 aromatic carbocycles. The van der Waals surface area contributed by atoms with Crippen LogP contribution in [0, 0.1) is 0 Å². The Bertz CT molecular complexity index is 577. The second kappa shape index (κ2) is 15.6. The van der Waals surface area contributed by atoms with Gasteiger partial charge in [-0.2, -0.15) is 0 Å². The van der Waals surface area contributed by atoms with E-state index in [4.69, 9.17) is 15.9 Å². The van der Waals surface area contributed by atoms with Gasteiger partial charge >= 0.3 is 11.9 Å². The summed E-state index contributed by atoms with van der Waals surface area (Å²) in [5, 5.41) is 19.9. The minimum Gasteiger partial charge on any atom is -0.480 e. The van der Waals surface area contributed by atoms with Crippen LogP contribution in [0.5, 0.6) is 0 Å². The summed E-state index contributed by atoms with van der Waals surface area (Å²) in [6.45, 7) is 4.00. The maximum absolute atomic E-state index is 11.7. The van der Waals surface area contributed by atoms with E-state index in [2.05, 4.69) is 5.32 Å². The van der Waals surface area contributed by atoms with E-state index in [1.54, 1.807) is 0 Å². The number of nitrogens with two attached hydrogens (primary N) is 1. The second-order valence-corrected chi connectivity index (χ2v) is 6.67. The van der Waals surface area contributed by atoms with Crippen molar-refractivity contribution in [2.75, 3.05) is 0 Å². The van der Waals surface area contributed by atoms with Gasteiger partial charge in [-0.25, -0.2) is 4.79 Å². The number of carbonyl (C=O) groups excluding carboxylic acids is 1. The average Bonchev–Trinajstić information content (AvgIpc) is 2.68. The van der Waals surface area contributed by atoms with E-state index in [0.717, 1.165) is 31.2 Å². The molecule has 1 amide bonds. The van der Waals surface area contributed by atoms with Gasteiger partial charge in [0, 0.05) is 6.42 Å². The van der Waals surface area contributed by atoms with Crippen LogP contribution in [0.3, 0.4) is 0 Å². The predicted molar refractivity (Wildman–Crippen MR) is 109 cm³/mol. The zero-order chi connectivity index (χ0) is 21.4. The molecule has 0 spiro atoms. The Hall–Kier alpha value is -2.41. The molecule has 0 aliphatic rings. The Kier molecular flexibility index (Phi) is 14.3. The van der Waals surface area contributed by atoms with Crippen molar-refractivity contribution in [1.29, 1.82) is 0 Å². The maximum Gasteiger partial charge on any atom is 0.326 e. The molecule has 0 aromatic heterocycles. The first-order valence-corrected chi connectivity index (χ1v) is 9.86. The van der Waals surface area contributed by atoms with Crippen LogP contribution in [0.2, 0.25) is 0 Å². The van der Waals surface area contributed by atoms with Crippen molar-refractivity contribution in [3.05, 3.63) is 35.9 Å². The molecule has 0 saturated heterocycles. The number of carboxylic acids is 2. The number of amides is 1. The van der Waals surface area contributed by atoms with Gasteiger partial charge in [-0.05, 0) is 24.8 Å². The molecule has 28 heavy (non-hydrogen) atoms. The lowest BCUT2D eigenvalue weighted by Gasteiger charge is -2.14. The zero-order valence-corrected chi connectivity index (χ0v) is 16.9. The van der Waals surface area contributed by atoms with E-state index in [-0.39, 0.29) is 5.91 Å². The molecule has 1 rings (SSSR count). The summed E-state index contributed by atoms with van der Waals surface area (Å²) in [6, 6.07) is 8.27. The van der Waals surface area contributed by atoms with Crippen molar-refractivity contribution in [3.8, 4) is 0 Å². The van der Waals surface area contributed by atoms with Crippen LogP contribution in [0.4, 0.5) is 0 Å². The smallest absolute Gasteiger partial charge is 0.326 e. The van der Waals surface area contributed by atoms with Crippen molar-refractivity contribution in [2.45, 2.75) is 77.3 Å². The molecular formula is C21H34N2O5. The van der Waals surface area contributed by atoms with E-state index < -0.39 is 24.0 Å². The number of aryl methyl sites for hydroxylation is 1. The third-order valence-electron chi connectivity index (χ3n) is 4.15. The molecule has 1 aromatic rings. The third kappa shape index (κ3) is 12.9. The monoisotopic (exact) mass is 394 g/mol. The van der Waals surface area contributed by atoms with Crippen LogP contribution in [0.1, 0.15) is 64.4 Å². The molecule has 2 atom stereocenters. The number of rotatable bonds is 12. The lowest BCUT2D eigenvalue weighted by Crippen LogP contribution is -2.40. The summed E-state index contributed by atoms with van der Waals surface area (Å²) >= 11 is 0. The first kappa shape index (κ1) is 25.6. The number of hydrogen-bond acceptors (Lipinski definition) is 4. The average molecular weight is 395 g/mol. The molecule has 0 aliphatic heterocycles. The van der Waals surface area contributed by atoms with Crippen molar-refractivity contribution in [2.24, 2.45) is 5.73 Å². The summed E-state index contributed by atoms with van der Waals surface area (Å²) in [7, 11) is 0. The molecule has 0 bridgehead atoms. The van der Waals surface area contributed by atoms with Crippen molar-refractivity contribution >= 4 is 17.8 Å². The molecule has 158 valence electrons. The van der Waals surface area contributed by atoms with Gasteiger partial charge < -0.3 is 21.3 Å². The summed E-state index contributed by atoms with van der Waals surface area (Å²) < 4.78 is 0. The maximum atomic E-state index is 11.7. The van der Waals surface area contributed by atoms with Crippen molar-refractivity contribution in [1.82, 2.24) is 5.32 Å². The molecule has 2 unspecified atom stereocenters. The Morgan fingerprint density at radius 2 is 1.54 bits per heavy atom. The van der Waals surface area contributed by atoms with E-state index in [1.165, 1.54) is 0 Å². The predicted octanol–water partition coefficient (Wildman–Crippen LogP) is 2.97. The highest BCUT2D eigenvalue weighted by Crippen LogP contribution is 2.04. The standard InChI is InChI=1S/C15H21NO3.C6H13NO2/c1-2-3-9-13(15(18)19)16-14(17)11-10-12-7-5-4-6-8-12;1-2-3-4-5(7)6(8)9/h4-8,13H,2-3,9-11H2,1H3,(H,16,17)(H,18,19);5H,2-4,7H2,1H3,(H,8,9). The normalized spacial score (nSPS) is 12.2. The summed E-state index contributed by atoms with van der Waals surface area (Å²) in [5.41, 5.74) is 6.28. The molecule has 0 aliphatic carbocycles. The number of benzene rings is 1. The third-order valence-corrected chi connectivity index (χ3v) is 4.15. The highest BCUT2D eigenvalue weighted by molar-refractivity contribution is 5.83. The number of hydrogen-bond donors (Lipinski definition) is 4. The molecule has 5 N–H and O–H groups in total. The van der Waals surface area contributed by atoms with E-state index >= 15 is 0 Å². The number of nitrogens with one attached hydrogen (secondary N) is 1. The fourth-order valence-corrected chi connectivity index (χ4v) is 2.38. The van der Waals surface area contributed by atoms with Gasteiger partial charge in [-0.1, -0.05) is 69.9 Å². The van der Waals surface area contributed by atoms with Crippen molar-refractivity contribution in [3.63, 3.8) is 0 Å². The quantitative estimate of drug-likeness (QED) is 0.431. The van der Waals surface area contributed by atoms with E-state index in [1.807, 2.05) is 44.2 Å². The van der Waals surface area contributed by atoms with E-state index in [0.29, 0.717) is 25.7 Å². The molecule has 7 nitrogen and oxygen atoms in total. The van der Waals surface area contributed by atoms with Gasteiger partial charge in [0.1, 0.15) is 12.1 Å². The van der Waals surface area contributed by atoms with Gasteiger partial charge in [-0.3, -0.25) is 9.59 Å². The Morgan fingerprint density at radius 1 is 0.964 bits per heavy atom. The van der Waals surface area contributed by atoms with Crippen LogP contribution in [-0.4, -0.2) is 40.1 Å². The van der Waals surface area contributed by atoms with Crippen LogP contribution >= 0.6 is 0 Å². The van der Waals surface area contributed by atoms with E-state index in [9.17, 15) is 14.4 Å². The lowest BCUT2D eigenvalue weighted by atomic mass is 10.1. The minimum absolute atomic E-state index is 0.202. The number of aliphatic carboxylic acids is 2. The Morgan fingerprint density at radius 3 is 2.04 bits per heavy atom. The number of carboxylic acid groups (broad SMARTS) is 2. The topological polar surface area (TPSA) is 130 Å². The number of unbranched alkanes of at least 4 members (excludes halogenated alkanes) is 2. The second-order valence-electron chi connectivity index (χ2n) is 6.67. The van der Waals surface area contributed by atoms with Crippen LogP contribution in [-0.2, 0) is 20.8 Å². The highest BCUT2D eigenvalue weighted by atomic mass is 16.4. The van der Waals surface area contributed by atoms with Gasteiger partial charge in [0.05, 0.1) is 0 Å². The largest absolute Gasteiger partial charge is 0.480 e. The SMILES string of the molecule is CCCCC(N)C(=O)O.CCCCC(NC(=O)CCc1ccccc1)C(=O)O. The van der Waals surface area contributed by atoms with Crippen LogP contribution in [0.25, 0.3) is 0 Å². The summed E-state index contributed by atoms with van der Waals surface area (Å²) in [4.78, 5) is 32.8. The van der Waals surface area contributed by atoms with Crippen molar-refractivity contribution < 1.29 is 24.6 Å². The molecule has 0 radical (unpaired) electrons. The minimum atomic E-state index is -0.957. The Labute approximate surface area is 167 Å². The Balaban J connectivity index is 0.000000684. The molecule has 7 heteroatoms. The fourth-order valence-electron chi connectivity index (χ4n) is 2.38. The summed E-state index contributed by atoms with van der Waals surface area (Å²) in [5.74, 6) is -2.06. The molecule has 0 saturated carbocycles. The van der Waals surface area contributed by atoms with Crippen LogP contribution < -0.4 is 11.1 Å². The first-order valence-electron chi connectivity index (χ1n) is 9.86. The molecule has 0 fully saturated rings. The zero-order valence-electron chi connectivity index (χ0n) is 16.9. The van der Waals surface area contributed by atoms with Crippen LogP contribution in [0.15, 0.2) is 30.3 Å². The lowest BCUT2D eigenvalue weighted by molar-refractivity contribution is -0.142. The molecular weight excluding hydrogens is 360 g/mol. The highest BCUT2D eigenvalue weighted by Gasteiger charge is 2.18. The number of carbonyl (C=O) groups is 3. The fraction of sp³-hybridized carbons (Fsp3) is 0.571. The van der Waals surface area contributed by atoms with Gasteiger partial charge in [0.15, 0.2) is 0 Å². The van der Waals surface area contributed by atoms with Gasteiger partial charge in [0.25, 0.3) is 0 Å². The first-order chi connectivity index (χ1) is 13.3. The molecule has 0 heterocycles. The summed E-state index contributed by atoms with van der Waals surface area (Å²) in [6.07, 6.45) is 5.65.